The molecule has 3 aromatic rings. The Kier molecular flexibility index (Phi) is 6.63. The molecule has 3 aromatic heterocycles. The lowest BCUT2D eigenvalue weighted by molar-refractivity contribution is 0.0734. The summed E-state index contributed by atoms with van der Waals surface area (Å²) < 4.78 is 0. The summed E-state index contributed by atoms with van der Waals surface area (Å²) >= 11 is 1.50. The van der Waals surface area contributed by atoms with Gasteiger partial charge in [0.1, 0.15) is 5.52 Å². The van der Waals surface area contributed by atoms with Crippen LogP contribution in [0.1, 0.15) is 51.6 Å². The van der Waals surface area contributed by atoms with Crippen molar-refractivity contribution < 1.29 is 0 Å². The fourth-order valence-corrected chi connectivity index (χ4v) is 5.14. The first-order valence-corrected chi connectivity index (χ1v) is 11.8. The number of rotatable bonds is 8. The van der Waals surface area contributed by atoms with E-state index in [9.17, 15) is 0 Å². The predicted octanol–water partition coefficient (Wildman–Crippen LogP) is 4.21. The van der Waals surface area contributed by atoms with Gasteiger partial charge in [0.15, 0.2) is 16.5 Å². The molecule has 3 N–H and O–H groups in total. The van der Waals surface area contributed by atoms with Crippen molar-refractivity contribution in [3.63, 3.8) is 0 Å². The number of piperidine rings is 1. The molecule has 0 bridgehead atoms. The number of nitriles is 1. The molecular formula is C21H29N9S. The molecule has 9 nitrogen and oxygen atoms in total. The number of hydrogen-bond donors (Lipinski definition) is 3. The van der Waals surface area contributed by atoms with Crippen LogP contribution < -0.4 is 10.6 Å². The van der Waals surface area contributed by atoms with Gasteiger partial charge in [0, 0.05) is 42.9 Å². The van der Waals surface area contributed by atoms with E-state index < -0.39 is 0 Å². The maximum atomic E-state index is 9.04. The summed E-state index contributed by atoms with van der Waals surface area (Å²) in [6, 6.07) is 5.44. The fourth-order valence-electron chi connectivity index (χ4n) is 4.49. The lowest BCUT2D eigenvalue weighted by atomic mass is 9.88. The summed E-state index contributed by atoms with van der Waals surface area (Å²) in [6.45, 7) is 7.27. The van der Waals surface area contributed by atoms with Crippen LogP contribution in [0.4, 0.5) is 17.6 Å². The van der Waals surface area contributed by atoms with Gasteiger partial charge in [-0.05, 0) is 32.6 Å². The third-order valence-electron chi connectivity index (χ3n) is 5.96. The SMILES string of the molecule is CCC1CC(Nc2nc(Nc3cc(C)[nH]n3)c3ncsc3n2)CC(CC)N1CCC#N. The number of H-pyrrole nitrogens is 1. The minimum Gasteiger partial charge on any atom is -0.351 e. The van der Waals surface area contributed by atoms with Gasteiger partial charge in [0.25, 0.3) is 0 Å². The molecule has 4 rings (SSSR count). The molecule has 1 fully saturated rings. The van der Waals surface area contributed by atoms with E-state index in [-0.39, 0.29) is 0 Å². The smallest absolute Gasteiger partial charge is 0.226 e. The molecule has 0 amide bonds. The molecule has 1 saturated heterocycles. The number of likely N-dealkylation sites (tertiary alicyclic amines) is 1. The number of anilines is 3. The number of hydrogen-bond acceptors (Lipinski definition) is 9. The lowest BCUT2D eigenvalue weighted by Crippen LogP contribution is -2.52. The Balaban J connectivity index is 1.54. The van der Waals surface area contributed by atoms with Crippen LogP contribution in [0.5, 0.6) is 0 Å². The van der Waals surface area contributed by atoms with E-state index in [0.717, 1.165) is 48.3 Å². The lowest BCUT2D eigenvalue weighted by Gasteiger charge is -2.45. The molecule has 1 aliphatic heterocycles. The maximum Gasteiger partial charge on any atom is 0.226 e. The highest BCUT2D eigenvalue weighted by molar-refractivity contribution is 7.16. The highest BCUT2D eigenvalue weighted by Gasteiger charge is 2.34. The van der Waals surface area contributed by atoms with Gasteiger partial charge in [0.2, 0.25) is 5.95 Å². The zero-order valence-corrected chi connectivity index (χ0v) is 19.0. The monoisotopic (exact) mass is 439 g/mol. The summed E-state index contributed by atoms with van der Waals surface area (Å²) in [5.41, 5.74) is 3.52. The molecule has 4 heterocycles. The minimum absolute atomic E-state index is 0.291. The molecule has 10 heteroatoms. The summed E-state index contributed by atoms with van der Waals surface area (Å²) in [5.74, 6) is 1.98. The fraction of sp³-hybridized carbons (Fsp3) is 0.571. The zero-order valence-electron chi connectivity index (χ0n) is 18.2. The van der Waals surface area contributed by atoms with Gasteiger partial charge in [-0.1, -0.05) is 13.8 Å². The molecule has 2 unspecified atom stereocenters. The van der Waals surface area contributed by atoms with Crippen molar-refractivity contribution in [3.8, 4) is 6.07 Å². The Bertz CT molecular complexity index is 1040. The van der Waals surface area contributed by atoms with Gasteiger partial charge in [-0.15, -0.1) is 11.3 Å². The van der Waals surface area contributed by atoms with E-state index in [1.54, 1.807) is 5.51 Å². The first kappa shape index (κ1) is 21.5. The molecule has 0 radical (unpaired) electrons. The van der Waals surface area contributed by atoms with Gasteiger partial charge < -0.3 is 10.6 Å². The highest BCUT2D eigenvalue weighted by atomic mass is 32.1. The average Bonchev–Trinajstić information content (AvgIpc) is 3.40. The quantitative estimate of drug-likeness (QED) is 0.478. The molecule has 2 atom stereocenters. The van der Waals surface area contributed by atoms with Crippen LogP contribution in [-0.2, 0) is 0 Å². The van der Waals surface area contributed by atoms with Crippen molar-refractivity contribution in [2.75, 3.05) is 17.2 Å². The Hall–Kier alpha value is -2.77. The van der Waals surface area contributed by atoms with Gasteiger partial charge in [-0.2, -0.15) is 15.3 Å². The van der Waals surface area contributed by atoms with Crippen LogP contribution >= 0.6 is 11.3 Å². The Morgan fingerprint density at radius 3 is 2.68 bits per heavy atom. The molecular weight excluding hydrogens is 410 g/mol. The van der Waals surface area contributed by atoms with Crippen molar-refractivity contribution >= 4 is 39.3 Å². The maximum absolute atomic E-state index is 9.04. The second kappa shape index (κ2) is 9.58. The summed E-state index contributed by atoms with van der Waals surface area (Å²) in [5, 5.41) is 23.1. The number of nitrogens with zero attached hydrogens (tertiary/aromatic N) is 6. The Morgan fingerprint density at radius 1 is 1.26 bits per heavy atom. The third kappa shape index (κ3) is 4.78. The number of fused-ring (bicyclic) bond motifs is 1. The van der Waals surface area contributed by atoms with Crippen molar-refractivity contribution in [1.29, 1.82) is 5.26 Å². The normalized spacial score (nSPS) is 21.8. The van der Waals surface area contributed by atoms with Crippen LogP contribution in [0.25, 0.3) is 10.3 Å². The summed E-state index contributed by atoms with van der Waals surface area (Å²) in [4.78, 5) is 17.3. The zero-order chi connectivity index (χ0) is 21.8. The first-order valence-electron chi connectivity index (χ1n) is 10.9. The van der Waals surface area contributed by atoms with Crippen molar-refractivity contribution in [3.05, 3.63) is 17.3 Å². The average molecular weight is 440 g/mol. The topological polar surface area (TPSA) is 118 Å². The number of thiazole rings is 1. The standard InChI is InChI=1S/C21H29N9S/c1-4-15-10-14(11-16(5-2)30(15)8-6-7-22)24-21-26-19(18-20(27-21)31-12-23-18)25-17-9-13(3)28-29-17/h9,12,14-16H,4-6,8,10-11H2,1-3H3,(H3,24,25,26,27,28,29). The van der Waals surface area contributed by atoms with Crippen molar-refractivity contribution in [1.82, 2.24) is 30.0 Å². The van der Waals surface area contributed by atoms with Crippen LogP contribution in [0.15, 0.2) is 11.6 Å². The van der Waals surface area contributed by atoms with E-state index in [1.807, 2.05) is 13.0 Å². The highest BCUT2D eigenvalue weighted by Crippen LogP contribution is 2.31. The third-order valence-corrected chi connectivity index (χ3v) is 6.68. The second-order valence-corrected chi connectivity index (χ2v) is 8.88. The van der Waals surface area contributed by atoms with E-state index in [2.05, 4.69) is 50.6 Å². The Morgan fingerprint density at radius 2 is 2.03 bits per heavy atom. The summed E-state index contributed by atoms with van der Waals surface area (Å²) in [6.07, 6.45) is 4.76. The van der Waals surface area contributed by atoms with E-state index in [1.165, 1.54) is 11.3 Å². The molecule has 0 aromatic carbocycles. The van der Waals surface area contributed by atoms with Gasteiger partial charge in [-0.25, -0.2) is 9.97 Å². The number of aromatic amines is 1. The molecule has 0 spiro atoms. The van der Waals surface area contributed by atoms with Crippen LogP contribution in [-0.4, -0.2) is 54.7 Å². The van der Waals surface area contributed by atoms with Gasteiger partial charge in [-0.3, -0.25) is 10.00 Å². The van der Waals surface area contributed by atoms with Gasteiger partial charge >= 0.3 is 0 Å². The largest absolute Gasteiger partial charge is 0.351 e. The summed E-state index contributed by atoms with van der Waals surface area (Å²) in [7, 11) is 0. The first-order chi connectivity index (χ1) is 15.1. The van der Waals surface area contributed by atoms with E-state index >= 15 is 0 Å². The van der Waals surface area contributed by atoms with E-state index in [0.29, 0.717) is 42.1 Å². The molecule has 0 saturated carbocycles. The number of aromatic nitrogens is 5. The molecule has 0 aliphatic carbocycles. The van der Waals surface area contributed by atoms with Crippen LogP contribution in [0, 0.1) is 18.3 Å². The Labute approximate surface area is 186 Å². The van der Waals surface area contributed by atoms with Crippen LogP contribution in [0.3, 0.4) is 0 Å². The predicted molar refractivity (Wildman–Crippen MR) is 124 cm³/mol. The second-order valence-electron chi connectivity index (χ2n) is 8.05. The van der Waals surface area contributed by atoms with Crippen molar-refractivity contribution in [2.24, 2.45) is 0 Å². The van der Waals surface area contributed by atoms with E-state index in [4.69, 9.17) is 15.2 Å². The van der Waals surface area contributed by atoms with Crippen LogP contribution in [0.2, 0.25) is 0 Å². The molecule has 164 valence electrons. The van der Waals surface area contributed by atoms with Gasteiger partial charge in [0.05, 0.1) is 11.6 Å². The minimum atomic E-state index is 0.291. The van der Waals surface area contributed by atoms with Crippen molar-refractivity contribution in [2.45, 2.75) is 71.0 Å². The number of nitrogens with one attached hydrogen (secondary N) is 3. The molecule has 31 heavy (non-hydrogen) atoms. The number of aryl methyl sites for hydroxylation is 1. The molecule has 1 aliphatic rings.